The zero-order valence-corrected chi connectivity index (χ0v) is 13.2. The smallest absolute Gasteiger partial charge is 0.268 e. The molecule has 2 aromatic heterocycles. The van der Waals surface area contributed by atoms with Crippen LogP contribution >= 0.6 is 11.3 Å². The Balaban J connectivity index is 2.15. The Morgan fingerprint density at radius 1 is 1.57 bits per heavy atom. The second-order valence-electron chi connectivity index (χ2n) is 4.93. The van der Waals surface area contributed by atoms with Gasteiger partial charge in [-0.3, -0.25) is 4.79 Å². The number of amides is 1. The van der Waals surface area contributed by atoms with Crippen LogP contribution in [0.25, 0.3) is 0 Å². The zero-order valence-electron chi connectivity index (χ0n) is 12.4. The van der Waals surface area contributed by atoms with Gasteiger partial charge in [-0.1, -0.05) is 11.3 Å². The van der Waals surface area contributed by atoms with Gasteiger partial charge in [-0.05, 0) is 32.9 Å². The van der Waals surface area contributed by atoms with E-state index >= 15 is 0 Å². The lowest BCUT2D eigenvalue weighted by molar-refractivity contribution is 0.0747. The number of aromatic nitrogens is 1. The molecule has 2 heterocycles. The molecule has 1 amide bonds. The molecule has 0 aliphatic carbocycles. The molecular formula is C14H20N4O2S. The summed E-state index contributed by atoms with van der Waals surface area (Å²) in [7, 11) is 0. The Hall–Kier alpha value is -2.02. The van der Waals surface area contributed by atoms with Crippen molar-refractivity contribution in [3.63, 3.8) is 0 Å². The molecule has 7 heteroatoms. The highest BCUT2D eigenvalue weighted by atomic mass is 32.1. The molecule has 6 nitrogen and oxygen atoms in total. The first-order chi connectivity index (χ1) is 10.0. The number of thiazole rings is 1. The molecule has 0 aromatic carbocycles. The Morgan fingerprint density at radius 2 is 2.33 bits per heavy atom. The van der Waals surface area contributed by atoms with E-state index < -0.39 is 0 Å². The van der Waals surface area contributed by atoms with E-state index in [1.807, 2.05) is 26.8 Å². The van der Waals surface area contributed by atoms with Gasteiger partial charge in [0, 0.05) is 12.6 Å². The van der Waals surface area contributed by atoms with E-state index in [1.165, 1.54) is 11.3 Å². The van der Waals surface area contributed by atoms with Crippen LogP contribution in [-0.4, -0.2) is 28.4 Å². The summed E-state index contributed by atoms with van der Waals surface area (Å²) in [6.07, 6.45) is 1.60. The lowest BCUT2D eigenvalue weighted by Gasteiger charge is -2.18. The SMILES string of the molecule is CCN(Cc1ccco1)C(=O)c1sc(NC(C)C)nc1N. The standard InChI is InChI=1S/C14H20N4O2S/c1-4-18(8-10-6-5-7-20-10)13(19)11-12(15)17-14(21-11)16-9(2)3/h5-7,9H,4,8,15H2,1-3H3,(H,16,17). The summed E-state index contributed by atoms with van der Waals surface area (Å²) in [4.78, 5) is 18.9. The van der Waals surface area contributed by atoms with Crippen molar-refractivity contribution < 1.29 is 9.21 Å². The normalized spacial score (nSPS) is 10.9. The highest BCUT2D eigenvalue weighted by Crippen LogP contribution is 2.27. The van der Waals surface area contributed by atoms with Crippen molar-refractivity contribution >= 4 is 28.2 Å². The molecule has 0 aliphatic heterocycles. The molecule has 0 radical (unpaired) electrons. The summed E-state index contributed by atoms with van der Waals surface area (Å²) in [6.45, 7) is 6.93. The number of rotatable bonds is 6. The van der Waals surface area contributed by atoms with Gasteiger partial charge in [-0.2, -0.15) is 0 Å². The Labute approximate surface area is 128 Å². The van der Waals surface area contributed by atoms with Gasteiger partial charge in [0.15, 0.2) is 5.13 Å². The van der Waals surface area contributed by atoms with E-state index in [2.05, 4.69) is 10.3 Å². The van der Waals surface area contributed by atoms with Gasteiger partial charge in [0.25, 0.3) is 5.91 Å². The highest BCUT2D eigenvalue weighted by Gasteiger charge is 2.22. The molecule has 0 bridgehead atoms. The second-order valence-corrected chi connectivity index (χ2v) is 5.93. The number of carbonyl (C=O) groups excluding carboxylic acids is 1. The van der Waals surface area contributed by atoms with Gasteiger partial charge >= 0.3 is 0 Å². The van der Waals surface area contributed by atoms with E-state index in [0.29, 0.717) is 23.1 Å². The third-order valence-corrected chi connectivity index (χ3v) is 3.85. The van der Waals surface area contributed by atoms with Gasteiger partial charge in [-0.15, -0.1) is 0 Å². The lowest BCUT2D eigenvalue weighted by atomic mass is 10.3. The number of carbonyl (C=O) groups is 1. The van der Waals surface area contributed by atoms with Gasteiger partial charge in [0.2, 0.25) is 0 Å². The molecular weight excluding hydrogens is 288 g/mol. The first kappa shape index (κ1) is 15.4. The summed E-state index contributed by atoms with van der Waals surface area (Å²) < 4.78 is 5.29. The molecule has 21 heavy (non-hydrogen) atoms. The van der Waals surface area contributed by atoms with Crippen molar-refractivity contribution in [3.05, 3.63) is 29.0 Å². The average molecular weight is 308 g/mol. The summed E-state index contributed by atoms with van der Waals surface area (Å²) >= 11 is 1.28. The number of nitrogens with one attached hydrogen (secondary N) is 1. The summed E-state index contributed by atoms with van der Waals surface area (Å²) in [5.41, 5.74) is 5.87. The molecule has 0 aliphatic rings. The van der Waals surface area contributed by atoms with Gasteiger partial charge in [0.05, 0.1) is 12.8 Å². The topological polar surface area (TPSA) is 84.4 Å². The molecule has 0 saturated heterocycles. The Bertz CT molecular complexity index is 592. The minimum Gasteiger partial charge on any atom is -0.467 e. The fourth-order valence-electron chi connectivity index (χ4n) is 1.86. The number of anilines is 2. The minimum absolute atomic E-state index is 0.124. The summed E-state index contributed by atoms with van der Waals surface area (Å²) in [5.74, 6) is 0.889. The van der Waals surface area contributed by atoms with Gasteiger partial charge in [-0.25, -0.2) is 4.98 Å². The van der Waals surface area contributed by atoms with Crippen LogP contribution in [0.4, 0.5) is 10.9 Å². The number of nitrogens with two attached hydrogens (primary N) is 1. The molecule has 2 aromatic rings. The lowest BCUT2D eigenvalue weighted by Crippen LogP contribution is -2.30. The minimum atomic E-state index is -0.124. The monoisotopic (exact) mass is 308 g/mol. The molecule has 114 valence electrons. The predicted molar refractivity (Wildman–Crippen MR) is 84.4 cm³/mol. The first-order valence-corrected chi connectivity index (χ1v) is 7.67. The van der Waals surface area contributed by atoms with Crippen molar-refractivity contribution in [2.75, 3.05) is 17.6 Å². The largest absolute Gasteiger partial charge is 0.467 e. The fraction of sp³-hybridized carbons (Fsp3) is 0.429. The van der Waals surface area contributed by atoms with E-state index in [9.17, 15) is 4.79 Å². The number of hydrogen-bond acceptors (Lipinski definition) is 6. The molecule has 3 N–H and O–H groups in total. The second kappa shape index (κ2) is 6.62. The highest BCUT2D eigenvalue weighted by molar-refractivity contribution is 7.18. The molecule has 0 fully saturated rings. The van der Waals surface area contributed by atoms with Crippen LogP contribution in [0.5, 0.6) is 0 Å². The van der Waals surface area contributed by atoms with Crippen LogP contribution in [0.1, 0.15) is 36.2 Å². The van der Waals surface area contributed by atoms with Crippen LogP contribution in [0, 0.1) is 0 Å². The maximum absolute atomic E-state index is 12.6. The molecule has 0 unspecified atom stereocenters. The average Bonchev–Trinajstić information content (AvgIpc) is 3.04. The van der Waals surface area contributed by atoms with E-state index in [-0.39, 0.29) is 17.8 Å². The van der Waals surface area contributed by atoms with E-state index in [0.717, 1.165) is 5.76 Å². The fourth-order valence-corrected chi connectivity index (χ4v) is 2.85. The number of nitrogen functional groups attached to an aromatic ring is 1. The maximum Gasteiger partial charge on any atom is 0.268 e. The molecule has 0 spiro atoms. The molecule has 0 atom stereocenters. The first-order valence-electron chi connectivity index (χ1n) is 6.85. The quantitative estimate of drug-likeness (QED) is 0.857. The predicted octanol–water partition coefficient (Wildman–Crippen LogP) is 2.80. The summed E-state index contributed by atoms with van der Waals surface area (Å²) in [5, 5.41) is 3.83. The van der Waals surface area contributed by atoms with Crippen molar-refractivity contribution in [1.29, 1.82) is 0 Å². The van der Waals surface area contributed by atoms with Crippen LogP contribution in [-0.2, 0) is 6.54 Å². The van der Waals surface area contributed by atoms with Crippen LogP contribution in [0.3, 0.4) is 0 Å². The van der Waals surface area contributed by atoms with E-state index in [1.54, 1.807) is 17.2 Å². The maximum atomic E-state index is 12.6. The Kier molecular flexibility index (Phi) is 4.85. The van der Waals surface area contributed by atoms with Crippen LogP contribution in [0.15, 0.2) is 22.8 Å². The van der Waals surface area contributed by atoms with E-state index in [4.69, 9.17) is 10.2 Å². The van der Waals surface area contributed by atoms with Crippen molar-refractivity contribution in [3.8, 4) is 0 Å². The molecule has 2 rings (SSSR count). The third kappa shape index (κ3) is 3.75. The molecule has 0 saturated carbocycles. The number of hydrogen-bond donors (Lipinski definition) is 2. The number of nitrogens with zero attached hydrogens (tertiary/aromatic N) is 2. The van der Waals surface area contributed by atoms with Crippen molar-refractivity contribution in [2.45, 2.75) is 33.4 Å². The van der Waals surface area contributed by atoms with Crippen LogP contribution in [0.2, 0.25) is 0 Å². The van der Waals surface area contributed by atoms with Gasteiger partial charge in [0.1, 0.15) is 16.5 Å². The summed E-state index contributed by atoms with van der Waals surface area (Å²) in [6, 6.07) is 3.89. The van der Waals surface area contributed by atoms with Gasteiger partial charge < -0.3 is 20.4 Å². The Morgan fingerprint density at radius 3 is 2.90 bits per heavy atom. The van der Waals surface area contributed by atoms with Crippen molar-refractivity contribution in [1.82, 2.24) is 9.88 Å². The number of furan rings is 1. The van der Waals surface area contributed by atoms with Crippen LogP contribution < -0.4 is 11.1 Å². The third-order valence-electron chi connectivity index (χ3n) is 2.86. The zero-order chi connectivity index (χ0) is 15.4. The van der Waals surface area contributed by atoms with Crippen molar-refractivity contribution in [2.24, 2.45) is 0 Å².